The van der Waals surface area contributed by atoms with Gasteiger partial charge < -0.3 is 25.8 Å². The molecule has 0 atom stereocenters. The second-order valence-electron chi connectivity index (χ2n) is 7.87. The molecule has 0 spiro atoms. The molecule has 2 saturated carbocycles. The van der Waals surface area contributed by atoms with E-state index >= 15 is 0 Å². The molecule has 0 aromatic carbocycles. The number of amides is 1. The van der Waals surface area contributed by atoms with Crippen molar-refractivity contribution in [1.82, 2.24) is 10.6 Å². The van der Waals surface area contributed by atoms with Gasteiger partial charge in [0.1, 0.15) is 5.60 Å². The van der Waals surface area contributed by atoms with Crippen LogP contribution in [0.15, 0.2) is 0 Å². The summed E-state index contributed by atoms with van der Waals surface area (Å²) in [6.45, 7) is 7.28. The van der Waals surface area contributed by atoms with E-state index in [1.165, 1.54) is 0 Å². The maximum absolute atomic E-state index is 11.8. The van der Waals surface area contributed by atoms with Crippen LogP contribution in [0.1, 0.15) is 59.3 Å². The molecule has 0 aromatic heterocycles. The SMILES string of the molecule is CC(C)(C)OC(=O)NC1CCC(OCCNC2CC(N)C2)CC1. The molecule has 0 radical (unpaired) electrons. The van der Waals surface area contributed by atoms with E-state index in [-0.39, 0.29) is 12.1 Å². The Labute approximate surface area is 139 Å². The van der Waals surface area contributed by atoms with Gasteiger partial charge in [-0.3, -0.25) is 0 Å². The van der Waals surface area contributed by atoms with Crippen molar-refractivity contribution in [2.45, 2.75) is 89.1 Å². The van der Waals surface area contributed by atoms with Gasteiger partial charge in [-0.25, -0.2) is 4.79 Å². The Hall–Kier alpha value is -0.850. The molecule has 0 aliphatic heterocycles. The average Bonchev–Trinajstić information content (AvgIpc) is 2.41. The summed E-state index contributed by atoms with van der Waals surface area (Å²) in [5, 5.41) is 6.42. The lowest BCUT2D eigenvalue weighted by molar-refractivity contribution is 0.0178. The molecule has 6 heteroatoms. The van der Waals surface area contributed by atoms with Crippen LogP contribution in [0.5, 0.6) is 0 Å². The number of nitrogens with one attached hydrogen (secondary N) is 2. The van der Waals surface area contributed by atoms with Gasteiger partial charge in [0.2, 0.25) is 0 Å². The van der Waals surface area contributed by atoms with Crippen molar-refractivity contribution in [3.63, 3.8) is 0 Å². The molecule has 2 fully saturated rings. The summed E-state index contributed by atoms with van der Waals surface area (Å²) in [5.74, 6) is 0. The summed E-state index contributed by atoms with van der Waals surface area (Å²) in [7, 11) is 0. The summed E-state index contributed by atoms with van der Waals surface area (Å²) < 4.78 is 11.2. The summed E-state index contributed by atoms with van der Waals surface area (Å²) in [5.41, 5.74) is 5.32. The molecule has 0 saturated heterocycles. The largest absolute Gasteiger partial charge is 0.444 e. The number of nitrogens with two attached hydrogens (primary N) is 1. The van der Waals surface area contributed by atoms with Gasteiger partial charge in [0.05, 0.1) is 12.7 Å². The van der Waals surface area contributed by atoms with Crippen molar-refractivity contribution in [2.24, 2.45) is 5.73 Å². The molecule has 0 aromatic rings. The average molecular weight is 327 g/mol. The topological polar surface area (TPSA) is 85.6 Å². The van der Waals surface area contributed by atoms with Crippen LogP contribution in [0.4, 0.5) is 4.79 Å². The van der Waals surface area contributed by atoms with E-state index in [9.17, 15) is 4.79 Å². The highest BCUT2D eigenvalue weighted by Gasteiger charge is 2.26. The molecule has 0 unspecified atom stereocenters. The maximum Gasteiger partial charge on any atom is 0.407 e. The number of hydrogen-bond acceptors (Lipinski definition) is 5. The van der Waals surface area contributed by atoms with Crippen molar-refractivity contribution < 1.29 is 14.3 Å². The Balaban J connectivity index is 1.51. The van der Waals surface area contributed by atoms with E-state index < -0.39 is 5.60 Å². The van der Waals surface area contributed by atoms with E-state index in [1.807, 2.05) is 20.8 Å². The molecule has 23 heavy (non-hydrogen) atoms. The van der Waals surface area contributed by atoms with E-state index in [0.717, 1.165) is 51.7 Å². The third-order valence-corrected chi connectivity index (χ3v) is 4.46. The van der Waals surface area contributed by atoms with Crippen LogP contribution in [0.3, 0.4) is 0 Å². The standard InChI is InChI=1S/C17H33N3O3/c1-17(2,3)23-16(21)20-13-4-6-15(7-5-13)22-9-8-19-14-10-12(18)11-14/h12-15,19H,4-11,18H2,1-3H3,(H,20,21). The Kier molecular flexibility index (Phi) is 6.68. The second-order valence-corrected chi connectivity index (χ2v) is 7.87. The molecule has 2 rings (SSSR count). The van der Waals surface area contributed by atoms with Crippen molar-refractivity contribution in [3.05, 3.63) is 0 Å². The lowest BCUT2D eigenvalue weighted by Crippen LogP contribution is -2.49. The van der Waals surface area contributed by atoms with E-state index in [0.29, 0.717) is 18.2 Å². The first-order valence-corrected chi connectivity index (χ1v) is 8.92. The quantitative estimate of drug-likeness (QED) is 0.649. The zero-order chi connectivity index (χ0) is 16.9. The van der Waals surface area contributed by atoms with E-state index in [2.05, 4.69) is 10.6 Å². The van der Waals surface area contributed by atoms with Gasteiger partial charge in [0, 0.05) is 24.7 Å². The summed E-state index contributed by atoms with van der Waals surface area (Å²) in [6, 6.07) is 1.18. The highest BCUT2D eigenvalue weighted by molar-refractivity contribution is 5.68. The highest BCUT2D eigenvalue weighted by Crippen LogP contribution is 2.22. The van der Waals surface area contributed by atoms with Gasteiger partial charge in [0.25, 0.3) is 0 Å². The van der Waals surface area contributed by atoms with Crippen LogP contribution < -0.4 is 16.4 Å². The van der Waals surface area contributed by atoms with Gasteiger partial charge >= 0.3 is 6.09 Å². The fourth-order valence-corrected chi connectivity index (χ4v) is 3.17. The van der Waals surface area contributed by atoms with Crippen LogP contribution in [-0.4, -0.2) is 49.1 Å². The predicted molar refractivity (Wildman–Crippen MR) is 90.4 cm³/mol. The Morgan fingerprint density at radius 1 is 1.13 bits per heavy atom. The minimum Gasteiger partial charge on any atom is -0.444 e. The van der Waals surface area contributed by atoms with Crippen LogP contribution in [0.25, 0.3) is 0 Å². The van der Waals surface area contributed by atoms with Crippen molar-refractivity contribution in [1.29, 1.82) is 0 Å². The van der Waals surface area contributed by atoms with Crippen molar-refractivity contribution in [3.8, 4) is 0 Å². The smallest absolute Gasteiger partial charge is 0.407 e. The number of carbonyl (C=O) groups excluding carboxylic acids is 1. The van der Waals surface area contributed by atoms with E-state index in [1.54, 1.807) is 0 Å². The normalized spacial score (nSPS) is 31.3. The molecule has 4 N–H and O–H groups in total. The lowest BCUT2D eigenvalue weighted by atomic mass is 9.88. The van der Waals surface area contributed by atoms with Crippen molar-refractivity contribution in [2.75, 3.05) is 13.2 Å². The molecule has 2 aliphatic rings. The number of ether oxygens (including phenoxy) is 2. The number of carbonyl (C=O) groups is 1. The van der Waals surface area contributed by atoms with Gasteiger partial charge in [-0.05, 0) is 59.3 Å². The van der Waals surface area contributed by atoms with Gasteiger partial charge in [0.15, 0.2) is 0 Å². The van der Waals surface area contributed by atoms with Gasteiger partial charge in [-0.1, -0.05) is 0 Å². The van der Waals surface area contributed by atoms with Crippen LogP contribution in [0.2, 0.25) is 0 Å². The third kappa shape index (κ3) is 7.06. The summed E-state index contributed by atoms with van der Waals surface area (Å²) in [4.78, 5) is 11.8. The number of rotatable bonds is 6. The Morgan fingerprint density at radius 3 is 2.35 bits per heavy atom. The molecular formula is C17H33N3O3. The van der Waals surface area contributed by atoms with Crippen molar-refractivity contribution >= 4 is 6.09 Å². The zero-order valence-electron chi connectivity index (χ0n) is 14.8. The molecule has 1 amide bonds. The molecule has 6 nitrogen and oxygen atoms in total. The first-order valence-electron chi connectivity index (χ1n) is 8.92. The number of alkyl carbamates (subject to hydrolysis) is 1. The predicted octanol–water partition coefficient (Wildman–Crippen LogP) is 1.92. The monoisotopic (exact) mass is 327 g/mol. The summed E-state index contributed by atoms with van der Waals surface area (Å²) >= 11 is 0. The first kappa shape index (κ1) is 18.5. The van der Waals surface area contributed by atoms with E-state index in [4.69, 9.17) is 15.2 Å². The van der Waals surface area contributed by atoms with Crippen LogP contribution >= 0.6 is 0 Å². The Morgan fingerprint density at radius 2 is 1.78 bits per heavy atom. The van der Waals surface area contributed by atoms with Crippen LogP contribution in [-0.2, 0) is 9.47 Å². The second kappa shape index (κ2) is 8.31. The van der Waals surface area contributed by atoms with Gasteiger partial charge in [-0.2, -0.15) is 0 Å². The fourth-order valence-electron chi connectivity index (χ4n) is 3.17. The third-order valence-electron chi connectivity index (χ3n) is 4.46. The number of hydrogen-bond donors (Lipinski definition) is 3. The van der Waals surface area contributed by atoms with Crippen LogP contribution in [0, 0.1) is 0 Å². The minimum atomic E-state index is -0.443. The Bertz CT molecular complexity index is 370. The molecule has 0 heterocycles. The molecule has 134 valence electrons. The first-order chi connectivity index (χ1) is 10.8. The fraction of sp³-hybridized carbons (Fsp3) is 0.941. The molecule has 2 aliphatic carbocycles. The lowest BCUT2D eigenvalue weighted by Gasteiger charge is -2.33. The molecule has 0 bridgehead atoms. The summed E-state index contributed by atoms with van der Waals surface area (Å²) in [6.07, 6.45) is 6.07. The maximum atomic E-state index is 11.8. The minimum absolute atomic E-state index is 0.208. The molecular weight excluding hydrogens is 294 g/mol. The zero-order valence-corrected chi connectivity index (χ0v) is 14.8. The van der Waals surface area contributed by atoms with Gasteiger partial charge in [-0.15, -0.1) is 0 Å². The highest BCUT2D eigenvalue weighted by atomic mass is 16.6.